The van der Waals surface area contributed by atoms with Gasteiger partial charge in [0, 0.05) is 30.6 Å². The minimum absolute atomic E-state index is 0.103. The Bertz CT molecular complexity index is 837. The minimum atomic E-state index is -0.282. The third-order valence-electron chi connectivity index (χ3n) is 4.86. The van der Waals surface area contributed by atoms with E-state index in [1.165, 1.54) is 0 Å². The first-order valence-corrected chi connectivity index (χ1v) is 9.24. The second-order valence-corrected chi connectivity index (χ2v) is 7.02. The number of carbonyl (C=O) groups excluding carboxylic acids is 3. The average molecular weight is 364 g/mol. The zero-order valence-corrected chi connectivity index (χ0v) is 15.6. The first kappa shape index (κ1) is 18.8. The minimum Gasteiger partial charge on any atom is -0.359 e. The molecule has 0 bridgehead atoms. The van der Waals surface area contributed by atoms with Crippen LogP contribution in [0.1, 0.15) is 40.5 Å². The molecular formula is C22H24N2O3. The number of benzene rings is 2. The van der Waals surface area contributed by atoms with E-state index in [4.69, 9.17) is 0 Å². The molecule has 0 spiro atoms. The Kier molecular flexibility index (Phi) is 5.69. The lowest BCUT2D eigenvalue weighted by molar-refractivity contribution is -0.123. The molecule has 140 valence electrons. The third-order valence-corrected chi connectivity index (χ3v) is 4.86. The Hall–Kier alpha value is -2.95. The zero-order chi connectivity index (χ0) is 19.4. The van der Waals surface area contributed by atoms with Gasteiger partial charge in [-0.2, -0.15) is 0 Å². The molecule has 1 atom stereocenters. The van der Waals surface area contributed by atoms with Crippen LogP contribution in [-0.4, -0.2) is 31.2 Å². The van der Waals surface area contributed by atoms with Gasteiger partial charge in [-0.1, -0.05) is 43.3 Å². The molecule has 0 aromatic heterocycles. The summed E-state index contributed by atoms with van der Waals surface area (Å²) >= 11 is 0. The summed E-state index contributed by atoms with van der Waals surface area (Å²) in [5.41, 5.74) is 3.30. The van der Waals surface area contributed by atoms with Gasteiger partial charge in [0.2, 0.25) is 5.91 Å². The van der Waals surface area contributed by atoms with Crippen molar-refractivity contribution in [2.75, 3.05) is 13.6 Å². The predicted octanol–water partition coefficient (Wildman–Crippen LogP) is 3.06. The number of nitrogens with one attached hydrogen (secondary N) is 2. The molecule has 2 aromatic rings. The fraction of sp³-hybridized carbons (Fsp3) is 0.318. The van der Waals surface area contributed by atoms with E-state index < -0.39 is 0 Å². The quantitative estimate of drug-likeness (QED) is 0.742. The number of Topliss-reactive ketones (excluding diaryl/α,β-unsaturated/α-hetero) is 1. The Morgan fingerprint density at radius 2 is 1.44 bits per heavy atom. The van der Waals surface area contributed by atoms with Crippen LogP contribution in [-0.2, 0) is 4.79 Å². The predicted molar refractivity (Wildman–Crippen MR) is 104 cm³/mol. The molecule has 2 N–H and O–H groups in total. The molecule has 1 aliphatic rings. The first-order chi connectivity index (χ1) is 13.0. The van der Waals surface area contributed by atoms with Gasteiger partial charge >= 0.3 is 0 Å². The molecule has 1 saturated carbocycles. The SMILES string of the molecule is CNC(=O)C(C)CNC(=O)c1ccc(-c2ccc(C(=O)C3CC3)cc2)cc1. The van der Waals surface area contributed by atoms with E-state index in [-0.39, 0.29) is 36.0 Å². The number of carbonyl (C=O) groups is 3. The standard InChI is InChI=1S/C22H24N2O3/c1-14(21(26)23-2)13-24-22(27)19-11-5-16(6-12-19)15-3-7-17(8-4-15)20(25)18-9-10-18/h3-8,11-12,14,18H,9-10,13H2,1-2H3,(H,23,26)(H,24,27). The summed E-state index contributed by atoms with van der Waals surface area (Å²) in [4.78, 5) is 35.8. The topological polar surface area (TPSA) is 75.3 Å². The number of rotatable bonds is 7. The maximum Gasteiger partial charge on any atom is 0.251 e. The second kappa shape index (κ2) is 8.16. The van der Waals surface area contributed by atoms with E-state index in [0.717, 1.165) is 29.5 Å². The molecule has 2 aromatic carbocycles. The van der Waals surface area contributed by atoms with E-state index in [1.54, 1.807) is 26.1 Å². The normalized spacial score (nSPS) is 14.3. The van der Waals surface area contributed by atoms with Gasteiger partial charge in [-0.05, 0) is 36.1 Å². The van der Waals surface area contributed by atoms with Crippen molar-refractivity contribution in [2.45, 2.75) is 19.8 Å². The highest BCUT2D eigenvalue weighted by Gasteiger charge is 2.30. The van der Waals surface area contributed by atoms with Crippen LogP contribution in [0.4, 0.5) is 0 Å². The van der Waals surface area contributed by atoms with Crippen molar-refractivity contribution in [1.29, 1.82) is 0 Å². The van der Waals surface area contributed by atoms with Gasteiger partial charge < -0.3 is 10.6 Å². The van der Waals surface area contributed by atoms with Gasteiger partial charge in [0.15, 0.2) is 5.78 Å². The Morgan fingerprint density at radius 3 is 1.93 bits per heavy atom. The maximum absolute atomic E-state index is 12.2. The summed E-state index contributed by atoms with van der Waals surface area (Å²) < 4.78 is 0. The van der Waals surface area contributed by atoms with Crippen LogP contribution in [0.15, 0.2) is 48.5 Å². The molecular weight excluding hydrogens is 340 g/mol. The summed E-state index contributed by atoms with van der Waals surface area (Å²) in [6.45, 7) is 2.05. The fourth-order valence-electron chi connectivity index (χ4n) is 2.91. The molecule has 0 heterocycles. The van der Waals surface area contributed by atoms with Crippen molar-refractivity contribution in [1.82, 2.24) is 10.6 Å². The van der Waals surface area contributed by atoms with Crippen molar-refractivity contribution >= 4 is 17.6 Å². The summed E-state index contributed by atoms with van der Waals surface area (Å²) in [6, 6.07) is 14.9. The lowest BCUT2D eigenvalue weighted by Gasteiger charge is -2.11. The highest BCUT2D eigenvalue weighted by atomic mass is 16.2. The maximum atomic E-state index is 12.2. The molecule has 0 radical (unpaired) electrons. The Labute approximate surface area is 159 Å². The van der Waals surface area contributed by atoms with Gasteiger partial charge in [0.05, 0.1) is 5.92 Å². The van der Waals surface area contributed by atoms with E-state index in [2.05, 4.69) is 10.6 Å². The van der Waals surface area contributed by atoms with Gasteiger partial charge in [-0.15, -0.1) is 0 Å². The molecule has 5 heteroatoms. The zero-order valence-electron chi connectivity index (χ0n) is 15.6. The van der Waals surface area contributed by atoms with Crippen LogP contribution in [0.25, 0.3) is 11.1 Å². The number of hydrogen-bond donors (Lipinski definition) is 2. The van der Waals surface area contributed by atoms with Crippen molar-refractivity contribution in [2.24, 2.45) is 11.8 Å². The largest absolute Gasteiger partial charge is 0.359 e. The van der Waals surface area contributed by atoms with Gasteiger partial charge in [0.1, 0.15) is 0 Å². The fourth-order valence-corrected chi connectivity index (χ4v) is 2.91. The van der Waals surface area contributed by atoms with Crippen LogP contribution in [0.3, 0.4) is 0 Å². The number of amides is 2. The summed E-state index contributed by atoms with van der Waals surface area (Å²) in [5, 5.41) is 5.34. The van der Waals surface area contributed by atoms with Crippen LogP contribution >= 0.6 is 0 Å². The van der Waals surface area contributed by atoms with E-state index in [0.29, 0.717) is 5.56 Å². The average Bonchev–Trinajstić information content (AvgIpc) is 3.56. The summed E-state index contributed by atoms with van der Waals surface area (Å²) in [5.74, 6) is -0.133. The lowest BCUT2D eigenvalue weighted by atomic mass is 10.00. The van der Waals surface area contributed by atoms with Crippen LogP contribution in [0.5, 0.6) is 0 Å². The molecule has 1 fully saturated rings. The van der Waals surface area contributed by atoms with Gasteiger partial charge in [-0.3, -0.25) is 14.4 Å². The van der Waals surface area contributed by atoms with Crippen molar-refractivity contribution in [3.8, 4) is 11.1 Å². The Morgan fingerprint density at radius 1 is 0.926 bits per heavy atom. The third kappa shape index (κ3) is 4.61. The molecule has 27 heavy (non-hydrogen) atoms. The van der Waals surface area contributed by atoms with Crippen molar-refractivity contribution in [3.63, 3.8) is 0 Å². The van der Waals surface area contributed by atoms with Crippen LogP contribution in [0, 0.1) is 11.8 Å². The number of ketones is 1. The van der Waals surface area contributed by atoms with Gasteiger partial charge in [-0.25, -0.2) is 0 Å². The number of hydrogen-bond acceptors (Lipinski definition) is 3. The molecule has 1 unspecified atom stereocenters. The van der Waals surface area contributed by atoms with Crippen LogP contribution < -0.4 is 10.6 Å². The molecule has 0 aliphatic heterocycles. The lowest BCUT2D eigenvalue weighted by Crippen LogP contribution is -2.35. The molecule has 1 aliphatic carbocycles. The highest BCUT2D eigenvalue weighted by Crippen LogP contribution is 2.33. The van der Waals surface area contributed by atoms with E-state index in [1.807, 2.05) is 36.4 Å². The first-order valence-electron chi connectivity index (χ1n) is 9.24. The smallest absolute Gasteiger partial charge is 0.251 e. The van der Waals surface area contributed by atoms with E-state index in [9.17, 15) is 14.4 Å². The van der Waals surface area contributed by atoms with Gasteiger partial charge in [0.25, 0.3) is 5.91 Å². The summed E-state index contributed by atoms with van der Waals surface area (Å²) in [7, 11) is 1.58. The highest BCUT2D eigenvalue weighted by molar-refractivity contribution is 5.99. The molecule has 3 rings (SSSR count). The van der Waals surface area contributed by atoms with Crippen LogP contribution in [0.2, 0.25) is 0 Å². The second-order valence-electron chi connectivity index (χ2n) is 7.02. The molecule has 5 nitrogen and oxygen atoms in total. The molecule has 2 amide bonds. The monoisotopic (exact) mass is 364 g/mol. The Balaban J connectivity index is 1.61. The summed E-state index contributed by atoms with van der Waals surface area (Å²) in [6.07, 6.45) is 2.01. The van der Waals surface area contributed by atoms with Crippen molar-refractivity contribution < 1.29 is 14.4 Å². The van der Waals surface area contributed by atoms with E-state index >= 15 is 0 Å². The molecule has 0 saturated heterocycles. The van der Waals surface area contributed by atoms with Crippen molar-refractivity contribution in [3.05, 3.63) is 59.7 Å².